The van der Waals surface area contributed by atoms with Gasteiger partial charge in [-0.25, -0.2) is 4.79 Å². The summed E-state index contributed by atoms with van der Waals surface area (Å²) >= 11 is 0. The summed E-state index contributed by atoms with van der Waals surface area (Å²) < 4.78 is 6.79. The quantitative estimate of drug-likeness (QED) is 0.118. The first-order valence-electron chi connectivity index (χ1n) is 16.0. The van der Waals surface area contributed by atoms with Gasteiger partial charge in [0.2, 0.25) is 0 Å². The van der Waals surface area contributed by atoms with Gasteiger partial charge in [-0.15, -0.1) is 0 Å². The Bertz CT molecular complexity index is 1740. The summed E-state index contributed by atoms with van der Waals surface area (Å²) in [6.07, 6.45) is 11.8. The van der Waals surface area contributed by atoms with Crippen LogP contribution in [0.3, 0.4) is 0 Å². The number of aromatic nitrogens is 2. The lowest BCUT2D eigenvalue weighted by atomic mass is 9.76. The number of unbranched alkanes of at least 4 members (excludes halogenated alkanes) is 6. The Hall–Kier alpha value is -3.79. The van der Waals surface area contributed by atoms with Crippen LogP contribution in [0, 0.1) is 13.8 Å². The van der Waals surface area contributed by atoms with Crippen molar-refractivity contribution in [2.75, 3.05) is 0 Å². The molecule has 1 aliphatic rings. The van der Waals surface area contributed by atoms with Crippen molar-refractivity contribution >= 4 is 27.8 Å². The Morgan fingerprint density at radius 1 is 0.643 bits per heavy atom. The lowest BCUT2D eigenvalue weighted by Crippen LogP contribution is -2.31. The number of ether oxygens (including phenoxy) is 1. The fourth-order valence-corrected chi connectivity index (χ4v) is 7.38. The molecule has 2 aromatic heterocycles. The molecule has 5 aromatic rings. The highest BCUT2D eigenvalue weighted by atomic mass is 16.6. The zero-order valence-electron chi connectivity index (χ0n) is 25.7. The third kappa shape index (κ3) is 4.65. The van der Waals surface area contributed by atoms with E-state index in [4.69, 9.17) is 4.74 Å². The molecule has 0 fully saturated rings. The first-order valence-corrected chi connectivity index (χ1v) is 16.0. The summed E-state index contributed by atoms with van der Waals surface area (Å²) in [5.41, 5.74) is 9.59. The van der Waals surface area contributed by atoms with Crippen LogP contribution in [0.1, 0.15) is 115 Å². The number of fused-ring (bicyclic) bond motifs is 3. The van der Waals surface area contributed by atoms with Gasteiger partial charge in [-0.2, -0.15) is 0 Å². The van der Waals surface area contributed by atoms with Crippen LogP contribution in [-0.4, -0.2) is 15.9 Å². The molecule has 6 rings (SSSR count). The lowest BCUT2D eigenvalue weighted by Gasteiger charge is -2.32. The Labute approximate surface area is 249 Å². The fourth-order valence-electron chi connectivity index (χ4n) is 7.38. The number of carbonyl (C=O) groups is 1. The molecule has 0 saturated heterocycles. The third-order valence-corrected chi connectivity index (χ3v) is 9.27. The molecular formula is C38H44N2O2. The molecule has 3 heterocycles. The molecule has 1 unspecified atom stereocenters. The average molecular weight is 561 g/mol. The van der Waals surface area contributed by atoms with Crippen LogP contribution in [0.15, 0.2) is 60.7 Å². The van der Waals surface area contributed by atoms with E-state index in [0.717, 1.165) is 71.2 Å². The molecule has 0 amide bonds. The van der Waals surface area contributed by atoms with Crippen molar-refractivity contribution in [3.8, 4) is 0 Å². The second kappa shape index (κ2) is 11.8. The van der Waals surface area contributed by atoms with Gasteiger partial charge in [-0.1, -0.05) is 94.8 Å². The number of H-pyrrole nitrogens is 2. The SMILES string of the molecule is CCCCCCCCc1cccc2[nH]c(C)c(C3(c4c(C)[nH]c5cccc(CCCC)c45)OC(=O)c4ccccc43)c12. The molecule has 42 heavy (non-hydrogen) atoms. The highest BCUT2D eigenvalue weighted by Crippen LogP contribution is 2.54. The maximum absolute atomic E-state index is 13.8. The second-order valence-electron chi connectivity index (χ2n) is 12.2. The number of hydrogen-bond acceptors (Lipinski definition) is 2. The molecule has 0 radical (unpaired) electrons. The minimum Gasteiger partial charge on any atom is -0.440 e. The number of carbonyl (C=O) groups excluding carboxylic acids is 1. The van der Waals surface area contributed by atoms with E-state index >= 15 is 0 Å². The molecule has 0 saturated carbocycles. The largest absolute Gasteiger partial charge is 0.440 e. The first-order chi connectivity index (χ1) is 20.5. The van der Waals surface area contributed by atoms with E-state index < -0.39 is 5.60 Å². The smallest absolute Gasteiger partial charge is 0.340 e. The van der Waals surface area contributed by atoms with E-state index in [-0.39, 0.29) is 5.97 Å². The standard InChI is InChI=1S/C38H44N2O2/c1-5-7-9-10-11-12-18-28-20-16-24-32-34(28)36(26(4)40-32)38(30-22-14-13-21-29(30)37(41)42-38)35-25(3)39-31-23-15-19-27(33(31)35)17-8-6-2/h13-16,19-24,39-40H,5-12,17-18H2,1-4H3. The van der Waals surface area contributed by atoms with E-state index in [1.165, 1.54) is 54.0 Å². The number of hydrogen-bond donors (Lipinski definition) is 2. The summed E-state index contributed by atoms with van der Waals surface area (Å²) in [7, 11) is 0. The zero-order valence-corrected chi connectivity index (χ0v) is 25.7. The third-order valence-electron chi connectivity index (χ3n) is 9.27. The maximum Gasteiger partial charge on any atom is 0.340 e. The molecule has 4 nitrogen and oxygen atoms in total. The number of aromatic amines is 2. The van der Waals surface area contributed by atoms with Crippen LogP contribution in [0.4, 0.5) is 0 Å². The van der Waals surface area contributed by atoms with Crippen molar-refractivity contribution in [2.24, 2.45) is 0 Å². The Balaban J connectivity index is 1.61. The molecule has 0 spiro atoms. The van der Waals surface area contributed by atoms with Crippen molar-refractivity contribution in [1.82, 2.24) is 9.97 Å². The van der Waals surface area contributed by atoms with Gasteiger partial charge >= 0.3 is 5.97 Å². The van der Waals surface area contributed by atoms with Crippen molar-refractivity contribution in [3.63, 3.8) is 0 Å². The van der Waals surface area contributed by atoms with Gasteiger partial charge in [0.05, 0.1) is 5.56 Å². The van der Waals surface area contributed by atoms with Gasteiger partial charge in [0.15, 0.2) is 5.60 Å². The first kappa shape index (κ1) is 28.3. The number of cyclic esters (lactones) is 1. The van der Waals surface area contributed by atoms with E-state index in [9.17, 15) is 4.79 Å². The Kier molecular flexibility index (Phi) is 7.98. The van der Waals surface area contributed by atoms with Crippen LogP contribution in [-0.2, 0) is 23.2 Å². The van der Waals surface area contributed by atoms with Gasteiger partial charge in [0.1, 0.15) is 0 Å². The molecule has 2 N–H and O–H groups in total. The number of esters is 1. The molecule has 0 aliphatic carbocycles. The van der Waals surface area contributed by atoms with Gasteiger partial charge in [-0.3, -0.25) is 0 Å². The van der Waals surface area contributed by atoms with Crippen molar-refractivity contribution < 1.29 is 9.53 Å². The number of rotatable bonds is 12. The summed E-state index contributed by atoms with van der Waals surface area (Å²) in [4.78, 5) is 21.2. The summed E-state index contributed by atoms with van der Waals surface area (Å²) in [5.74, 6) is -0.257. The predicted octanol–water partition coefficient (Wildman–Crippen LogP) is 9.97. The van der Waals surface area contributed by atoms with Crippen LogP contribution < -0.4 is 0 Å². The number of benzene rings is 3. The van der Waals surface area contributed by atoms with E-state index in [0.29, 0.717) is 5.56 Å². The molecule has 1 aliphatic heterocycles. The minimum atomic E-state index is -1.06. The number of nitrogens with one attached hydrogen (secondary N) is 2. The highest BCUT2D eigenvalue weighted by Gasteiger charge is 2.53. The highest BCUT2D eigenvalue weighted by molar-refractivity contribution is 6.02. The minimum absolute atomic E-state index is 0.257. The molecule has 4 heteroatoms. The van der Waals surface area contributed by atoms with Crippen LogP contribution in [0.25, 0.3) is 21.8 Å². The van der Waals surface area contributed by atoms with Gasteiger partial charge in [-0.05, 0) is 68.9 Å². The van der Waals surface area contributed by atoms with E-state index in [2.05, 4.69) is 80.1 Å². The van der Waals surface area contributed by atoms with Crippen LogP contribution in [0.2, 0.25) is 0 Å². The topological polar surface area (TPSA) is 57.9 Å². The van der Waals surface area contributed by atoms with Gasteiger partial charge in [0, 0.05) is 49.9 Å². The lowest BCUT2D eigenvalue weighted by molar-refractivity contribution is 0.0256. The normalized spacial score (nSPS) is 16.4. The van der Waals surface area contributed by atoms with E-state index in [1.807, 2.05) is 18.2 Å². The molecule has 0 bridgehead atoms. The Morgan fingerprint density at radius 2 is 1.19 bits per heavy atom. The summed E-state index contributed by atoms with van der Waals surface area (Å²) in [6, 6.07) is 21.2. The maximum atomic E-state index is 13.8. The monoisotopic (exact) mass is 560 g/mol. The molecule has 218 valence electrons. The Morgan fingerprint density at radius 3 is 1.81 bits per heavy atom. The molecule has 3 aromatic carbocycles. The average Bonchev–Trinajstić information content (AvgIpc) is 3.62. The summed E-state index contributed by atoms with van der Waals surface area (Å²) in [6.45, 7) is 8.78. The van der Waals surface area contributed by atoms with Crippen molar-refractivity contribution in [2.45, 2.75) is 97.5 Å². The zero-order chi connectivity index (χ0) is 29.3. The van der Waals surface area contributed by atoms with Gasteiger partial charge < -0.3 is 14.7 Å². The fraction of sp³-hybridized carbons (Fsp3) is 0.395. The number of aryl methyl sites for hydroxylation is 4. The van der Waals surface area contributed by atoms with Crippen LogP contribution in [0.5, 0.6) is 0 Å². The van der Waals surface area contributed by atoms with Gasteiger partial charge in [0.25, 0.3) is 0 Å². The van der Waals surface area contributed by atoms with Crippen LogP contribution >= 0.6 is 0 Å². The molecule has 1 atom stereocenters. The summed E-state index contributed by atoms with van der Waals surface area (Å²) in [5, 5.41) is 2.39. The second-order valence-corrected chi connectivity index (χ2v) is 12.2. The van der Waals surface area contributed by atoms with Crippen molar-refractivity contribution in [1.29, 1.82) is 0 Å². The predicted molar refractivity (Wildman–Crippen MR) is 174 cm³/mol. The van der Waals surface area contributed by atoms with Crippen molar-refractivity contribution in [3.05, 3.63) is 105 Å². The van der Waals surface area contributed by atoms with E-state index in [1.54, 1.807) is 0 Å². The molecular weight excluding hydrogens is 516 g/mol.